The molecule has 1 heterocycles. The van der Waals surface area contributed by atoms with Crippen LogP contribution in [0.4, 0.5) is 0 Å². The Balaban J connectivity index is 2.11. The van der Waals surface area contributed by atoms with Crippen LogP contribution in [-0.2, 0) is 25.6 Å². The van der Waals surface area contributed by atoms with E-state index in [1.807, 2.05) is 6.07 Å². The first-order chi connectivity index (χ1) is 14.6. The third-order valence-electron chi connectivity index (χ3n) is 5.38. The van der Waals surface area contributed by atoms with E-state index in [1.54, 1.807) is 38.1 Å². The van der Waals surface area contributed by atoms with Gasteiger partial charge in [0, 0.05) is 13.0 Å². The van der Waals surface area contributed by atoms with Gasteiger partial charge in [-0.3, -0.25) is 14.4 Å². The van der Waals surface area contributed by atoms with Crippen LogP contribution in [0.1, 0.15) is 39.2 Å². The van der Waals surface area contributed by atoms with Crippen LogP contribution in [0.15, 0.2) is 30.3 Å². The Kier molecular flexibility index (Phi) is 8.56. The molecule has 1 aliphatic heterocycles. The van der Waals surface area contributed by atoms with Gasteiger partial charge in [0.1, 0.15) is 18.1 Å². The predicted octanol–water partition coefficient (Wildman–Crippen LogP) is 0.278. The summed E-state index contributed by atoms with van der Waals surface area (Å²) in [5, 5.41) is 14.8. The standard InChI is InChI=1S/C22H32N4O5/c1-13(2)18(25-19(27)14(3)23)21(29)26-11-7-10-17(26)20(28)24-16(22(30)31)12-15-8-5-4-6-9-15/h4-6,8-9,13-14,16-18H,7,10-12,23H2,1-3H3,(H,24,28)(H,25,27)(H,30,31)/t14-,16-,17?,18-/m0/s1. The summed E-state index contributed by atoms with van der Waals surface area (Å²) in [7, 11) is 0. The van der Waals surface area contributed by atoms with E-state index in [4.69, 9.17) is 5.73 Å². The monoisotopic (exact) mass is 432 g/mol. The zero-order chi connectivity index (χ0) is 23.1. The molecule has 2 rings (SSSR count). The second kappa shape index (κ2) is 10.9. The van der Waals surface area contributed by atoms with Crippen molar-refractivity contribution in [1.82, 2.24) is 15.5 Å². The summed E-state index contributed by atoms with van der Waals surface area (Å²) in [6, 6.07) is 5.56. The molecule has 1 fully saturated rings. The number of benzene rings is 1. The minimum absolute atomic E-state index is 0.141. The van der Waals surface area contributed by atoms with E-state index >= 15 is 0 Å². The molecule has 4 atom stereocenters. The first-order valence-electron chi connectivity index (χ1n) is 10.5. The van der Waals surface area contributed by atoms with Gasteiger partial charge < -0.3 is 26.4 Å². The van der Waals surface area contributed by atoms with E-state index in [1.165, 1.54) is 11.8 Å². The Morgan fingerprint density at radius 2 is 1.77 bits per heavy atom. The Bertz CT molecular complexity index is 796. The SMILES string of the molecule is CC(C)[C@H](NC(=O)[C@H](C)N)C(=O)N1CCCC1C(=O)N[C@@H](Cc1ccccc1)C(=O)O. The molecule has 1 saturated heterocycles. The summed E-state index contributed by atoms with van der Waals surface area (Å²) >= 11 is 0. The number of carboxylic acids is 1. The van der Waals surface area contributed by atoms with Crippen molar-refractivity contribution in [3.63, 3.8) is 0 Å². The van der Waals surface area contributed by atoms with Gasteiger partial charge in [-0.2, -0.15) is 0 Å². The lowest BCUT2D eigenvalue weighted by atomic mass is 10.0. The molecule has 1 aromatic carbocycles. The molecule has 5 N–H and O–H groups in total. The molecule has 9 heteroatoms. The van der Waals surface area contributed by atoms with Crippen LogP contribution in [0, 0.1) is 5.92 Å². The smallest absolute Gasteiger partial charge is 0.326 e. The molecule has 1 unspecified atom stereocenters. The normalized spacial score (nSPS) is 18.9. The van der Waals surface area contributed by atoms with Crippen LogP contribution < -0.4 is 16.4 Å². The highest BCUT2D eigenvalue weighted by Crippen LogP contribution is 2.21. The zero-order valence-electron chi connectivity index (χ0n) is 18.2. The fourth-order valence-corrected chi connectivity index (χ4v) is 3.60. The molecule has 0 bridgehead atoms. The average Bonchev–Trinajstić information content (AvgIpc) is 3.21. The number of aliphatic carboxylic acids is 1. The fourth-order valence-electron chi connectivity index (χ4n) is 3.60. The van der Waals surface area contributed by atoms with Gasteiger partial charge in [-0.25, -0.2) is 4.79 Å². The summed E-state index contributed by atoms with van der Waals surface area (Å²) in [6.45, 7) is 5.50. The number of nitrogens with zero attached hydrogens (tertiary/aromatic N) is 1. The van der Waals surface area contributed by atoms with Crippen LogP contribution >= 0.6 is 0 Å². The third-order valence-corrected chi connectivity index (χ3v) is 5.38. The lowest BCUT2D eigenvalue weighted by molar-refractivity contribution is -0.145. The highest BCUT2D eigenvalue weighted by atomic mass is 16.4. The van der Waals surface area contributed by atoms with Crippen LogP contribution in [0.25, 0.3) is 0 Å². The minimum atomic E-state index is -1.14. The quantitative estimate of drug-likeness (QED) is 0.441. The number of nitrogens with one attached hydrogen (secondary N) is 2. The zero-order valence-corrected chi connectivity index (χ0v) is 18.2. The number of hydrogen-bond donors (Lipinski definition) is 4. The first kappa shape index (κ1) is 24.3. The van der Waals surface area contributed by atoms with E-state index in [9.17, 15) is 24.3 Å². The maximum atomic E-state index is 13.1. The molecule has 0 radical (unpaired) electrons. The Morgan fingerprint density at radius 3 is 2.32 bits per heavy atom. The molecule has 0 aromatic heterocycles. The maximum absolute atomic E-state index is 13.1. The van der Waals surface area contributed by atoms with Gasteiger partial charge in [-0.1, -0.05) is 44.2 Å². The third kappa shape index (κ3) is 6.52. The molecule has 0 spiro atoms. The van der Waals surface area contributed by atoms with Gasteiger partial charge in [-0.05, 0) is 31.2 Å². The Hall–Kier alpha value is -2.94. The number of hydrogen-bond acceptors (Lipinski definition) is 5. The number of carboxylic acid groups (broad SMARTS) is 1. The van der Waals surface area contributed by atoms with Crippen LogP contribution in [-0.4, -0.2) is 64.4 Å². The topological polar surface area (TPSA) is 142 Å². The van der Waals surface area contributed by atoms with Gasteiger partial charge in [0.2, 0.25) is 17.7 Å². The number of nitrogens with two attached hydrogens (primary N) is 1. The summed E-state index contributed by atoms with van der Waals surface area (Å²) in [5.41, 5.74) is 6.39. The predicted molar refractivity (Wildman–Crippen MR) is 115 cm³/mol. The number of rotatable bonds is 9. The molecule has 1 aliphatic rings. The number of carbonyl (C=O) groups is 4. The van der Waals surface area contributed by atoms with Crippen molar-refractivity contribution >= 4 is 23.7 Å². The van der Waals surface area contributed by atoms with Crippen molar-refractivity contribution in [2.75, 3.05) is 6.54 Å². The van der Waals surface area contributed by atoms with Gasteiger partial charge in [0.05, 0.1) is 6.04 Å². The molecule has 9 nitrogen and oxygen atoms in total. The highest BCUT2D eigenvalue weighted by Gasteiger charge is 2.39. The van der Waals surface area contributed by atoms with Crippen LogP contribution in [0.2, 0.25) is 0 Å². The Morgan fingerprint density at radius 1 is 1.13 bits per heavy atom. The molecular formula is C22H32N4O5. The second-order valence-electron chi connectivity index (χ2n) is 8.30. The summed E-state index contributed by atoms with van der Waals surface area (Å²) in [6.07, 6.45) is 1.19. The molecule has 170 valence electrons. The van der Waals surface area contributed by atoms with E-state index in [2.05, 4.69) is 10.6 Å². The van der Waals surface area contributed by atoms with Crippen molar-refractivity contribution in [2.24, 2.45) is 11.7 Å². The molecule has 0 saturated carbocycles. The minimum Gasteiger partial charge on any atom is -0.480 e. The van der Waals surface area contributed by atoms with E-state index in [0.717, 1.165) is 5.56 Å². The number of amides is 3. The van der Waals surface area contributed by atoms with E-state index < -0.39 is 42.0 Å². The highest BCUT2D eigenvalue weighted by molar-refractivity contribution is 5.94. The summed E-state index contributed by atoms with van der Waals surface area (Å²) in [4.78, 5) is 51.2. The fraction of sp³-hybridized carbons (Fsp3) is 0.545. The van der Waals surface area contributed by atoms with Crippen molar-refractivity contribution < 1.29 is 24.3 Å². The second-order valence-corrected chi connectivity index (χ2v) is 8.30. The molecule has 31 heavy (non-hydrogen) atoms. The van der Waals surface area contributed by atoms with Crippen molar-refractivity contribution in [3.8, 4) is 0 Å². The van der Waals surface area contributed by atoms with Crippen LogP contribution in [0.3, 0.4) is 0 Å². The van der Waals surface area contributed by atoms with Crippen molar-refractivity contribution in [3.05, 3.63) is 35.9 Å². The lowest BCUT2D eigenvalue weighted by Gasteiger charge is -2.31. The van der Waals surface area contributed by atoms with E-state index in [0.29, 0.717) is 19.4 Å². The Labute approximate surface area is 182 Å². The molecule has 3 amide bonds. The average molecular weight is 433 g/mol. The van der Waals surface area contributed by atoms with Gasteiger partial charge >= 0.3 is 5.97 Å². The molecular weight excluding hydrogens is 400 g/mol. The lowest BCUT2D eigenvalue weighted by Crippen LogP contribution is -2.58. The molecule has 1 aromatic rings. The number of carbonyl (C=O) groups excluding carboxylic acids is 3. The maximum Gasteiger partial charge on any atom is 0.326 e. The van der Waals surface area contributed by atoms with Crippen molar-refractivity contribution in [2.45, 2.75) is 64.2 Å². The van der Waals surface area contributed by atoms with E-state index in [-0.39, 0.29) is 18.2 Å². The first-order valence-corrected chi connectivity index (χ1v) is 10.5. The van der Waals surface area contributed by atoms with Gasteiger partial charge in [0.15, 0.2) is 0 Å². The largest absolute Gasteiger partial charge is 0.480 e. The summed E-state index contributed by atoms with van der Waals surface area (Å²) in [5.74, 6) is -2.66. The van der Waals surface area contributed by atoms with Gasteiger partial charge in [0.25, 0.3) is 0 Å². The van der Waals surface area contributed by atoms with Gasteiger partial charge in [-0.15, -0.1) is 0 Å². The van der Waals surface area contributed by atoms with Crippen molar-refractivity contribution in [1.29, 1.82) is 0 Å². The summed E-state index contributed by atoms with van der Waals surface area (Å²) < 4.78 is 0. The van der Waals surface area contributed by atoms with Crippen LogP contribution in [0.5, 0.6) is 0 Å². The number of likely N-dealkylation sites (tertiary alicyclic amines) is 1. The molecule has 0 aliphatic carbocycles.